The number of hydrogen-bond acceptors (Lipinski definition) is 7. The number of hydrogen-bond donors (Lipinski definition) is 3. The summed E-state index contributed by atoms with van der Waals surface area (Å²) in [7, 11) is -2.65. The van der Waals surface area contributed by atoms with E-state index < -0.39 is 27.7 Å². The lowest BCUT2D eigenvalue weighted by Crippen LogP contribution is -2.35. The van der Waals surface area contributed by atoms with Gasteiger partial charge >= 0.3 is 12.1 Å². The van der Waals surface area contributed by atoms with Gasteiger partial charge in [-0.1, -0.05) is 17.7 Å². The fourth-order valence-corrected chi connectivity index (χ4v) is 3.70. The molecule has 0 saturated carbocycles. The van der Waals surface area contributed by atoms with Crippen LogP contribution in [0.4, 0.5) is 16.2 Å². The van der Waals surface area contributed by atoms with Gasteiger partial charge in [-0.15, -0.1) is 0 Å². The molecule has 9 nitrogen and oxygen atoms in total. The molecule has 2 aromatic carbocycles. The summed E-state index contributed by atoms with van der Waals surface area (Å²) >= 11 is 0. The molecule has 0 aliphatic rings. The van der Waals surface area contributed by atoms with Gasteiger partial charge in [0.15, 0.2) is 0 Å². The number of carbonyl (C=O) groups excluding carboxylic acids is 2. The molecule has 0 bridgehead atoms. The van der Waals surface area contributed by atoms with E-state index in [1.54, 1.807) is 39.0 Å². The highest BCUT2D eigenvalue weighted by Gasteiger charge is 2.19. The van der Waals surface area contributed by atoms with E-state index in [0.29, 0.717) is 5.69 Å². The zero-order valence-corrected chi connectivity index (χ0v) is 19.6. The molecule has 1 amide bonds. The molecule has 0 atom stereocenters. The molecule has 0 aliphatic carbocycles. The summed E-state index contributed by atoms with van der Waals surface area (Å²) in [5, 5.41) is 5.66. The average molecular weight is 464 g/mol. The molecule has 174 valence electrons. The van der Waals surface area contributed by atoms with Crippen LogP contribution in [0.3, 0.4) is 0 Å². The first-order chi connectivity index (χ1) is 14.9. The minimum Gasteiger partial charge on any atom is -0.465 e. The van der Waals surface area contributed by atoms with Crippen LogP contribution in [0.1, 0.15) is 36.7 Å². The second-order valence-electron chi connectivity index (χ2n) is 8.03. The molecule has 0 fully saturated rings. The summed E-state index contributed by atoms with van der Waals surface area (Å²) in [6.45, 7) is 7.67. The Hall–Kier alpha value is -3.27. The van der Waals surface area contributed by atoms with Crippen LogP contribution in [-0.2, 0) is 19.5 Å². The van der Waals surface area contributed by atoms with Gasteiger partial charge in [-0.3, -0.25) is 4.72 Å². The van der Waals surface area contributed by atoms with Gasteiger partial charge in [-0.05, 0) is 58.0 Å². The zero-order valence-electron chi connectivity index (χ0n) is 18.8. The minimum atomic E-state index is -3.90. The highest BCUT2D eigenvalue weighted by atomic mass is 32.2. The first-order valence-corrected chi connectivity index (χ1v) is 11.4. The van der Waals surface area contributed by atoms with Crippen LogP contribution in [0.2, 0.25) is 0 Å². The summed E-state index contributed by atoms with van der Waals surface area (Å²) in [5.41, 5.74) is 1.11. The molecule has 10 heteroatoms. The van der Waals surface area contributed by atoms with Gasteiger partial charge in [0.1, 0.15) is 5.60 Å². The van der Waals surface area contributed by atoms with Gasteiger partial charge < -0.3 is 20.1 Å². The van der Waals surface area contributed by atoms with E-state index in [1.807, 2.05) is 6.92 Å². The highest BCUT2D eigenvalue weighted by Crippen LogP contribution is 2.26. The molecule has 2 aromatic rings. The zero-order chi connectivity index (χ0) is 23.9. The van der Waals surface area contributed by atoms with Gasteiger partial charge in [-0.2, -0.15) is 0 Å². The van der Waals surface area contributed by atoms with Gasteiger partial charge in [0.05, 0.1) is 28.9 Å². The number of sulfonamides is 1. The smallest absolute Gasteiger partial charge is 0.407 e. The Morgan fingerprint density at radius 1 is 0.969 bits per heavy atom. The molecular formula is C22H29N3O6S. The summed E-state index contributed by atoms with van der Waals surface area (Å²) in [5.74, 6) is -0.598. The molecule has 0 spiro atoms. The Bertz CT molecular complexity index is 1060. The number of carbonyl (C=O) groups is 2. The van der Waals surface area contributed by atoms with Gasteiger partial charge in [0.2, 0.25) is 0 Å². The second-order valence-corrected chi connectivity index (χ2v) is 9.71. The van der Waals surface area contributed by atoms with Crippen LogP contribution in [-0.4, -0.2) is 46.3 Å². The van der Waals surface area contributed by atoms with E-state index in [9.17, 15) is 18.0 Å². The largest absolute Gasteiger partial charge is 0.465 e. The summed E-state index contributed by atoms with van der Waals surface area (Å²) in [4.78, 5) is 23.8. The van der Waals surface area contributed by atoms with E-state index in [2.05, 4.69) is 15.4 Å². The first kappa shape index (κ1) is 25.0. The third-order valence-corrected chi connectivity index (χ3v) is 5.51. The van der Waals surface area contributed by atoms with Crippen molar-refractivity contribution >= 4 is 33.5 Å². The molecule has 3 N–H and O–H groups in total. The van der Waals surface area contributed by atoms with Gasteiger partial charge in [0, 0.05) is 13.1 Å². The Kier molecular flexibility index (Phi) is 8.09. The third-order valence-electron chi connectivity index (χ3n) is 4.12. The van der Waals surface area contributed by atoms with Crippen LogP contribution in [0.5, 0.6) is 0 Å². The van der Waals surface area contributed by atoms with Crippen LogP contribution in [0.15, 0.2) is 47.4 Å². The summed E-state index contributed by atoms with van der Waals surface area (Å²) in [6.07, 6.45) is -0.555. The number of anilines is 2. The monoisotopic (exact) mass is 463 g/mol. The number of ether oxygens (including phenoxy) is 2. The maximum absolute atomic E-state index is 12.8. The number of methoxy groups -OCH3 is 1. The SMILES string of the molecule is COC(=O)c1ccc(NCCNC(=O)OC(C)(C)C)c(NS(=O)(=O)c2ccc(C)cc2)c1. The van der Waals surface area contributed by atoms with Gasteiger partial charge in [-0.25, -0.2) is 18.0 Å². The number of amides is 1. The number of rotatable bonds is 8. The topological polar surface area (TPSA) is 123 Å². The van der Waals surface area contributed by atoms with Crippen molar-refractivity contribution < 1.29 is 27.5 Å². The first-order valence-electron chi connectivity index (χ1n) is 9.94. The number of benzene rings is 2. The molecule has 2 rings (SSSR count). The standard InChI is InChI=1S/C22H29N3O6S/c1-15-6-9-17(10-7-15)32(28,29)25-19-14-16(20(26)30-5)8-11-18(19)23-12-13-24-21(27)31-22(2,3)4/h6-11,14,23,25H,12-13H2,1-5H3,(H,24,27). The summed E-state index contributed by atoms with van der Waals surface area (Å²) < 4.78 is 38.1. The molecule has 0 saturated heterocycles. The Labute approximate surface area is 188 Å². The van der Waals surface area contributed by atoms with Crippen molar-refractivity contribution in [1.29, 1.82) is 0 Å². The lowest BCUT2D eigenvalue weighted by molar-refractivity contribution is 0.0528. The molecule has 0 unspecified atom stereocenters. The van der Waals surface area contributed by atoms with Crippen LogP contribution in [0, 0.1) is 6.92 Å². The number of nitrogens with one attached hydrogen (secondary N) is 3. The summed E-state index contributed by atoms with van der Waals surface area (Å²) in [6, 6.07) is 10.9. The van der Waals surface area contributed by atoms with Crippen molar-refractivity contribution in [3.05, 3.63) is 53.6 Å². The molecule has 0 aromatic heterocycles. The van der Waals surface area contributed by atoms with Crippen LogP contribution in [0.25, 0.3) is 0 Å². The molecule has 0 aliphatic heterocycles. The van der Waals surface area contributed by atoms with Crippen LogP contribution >= 0.6 is 0 Å². The Balaban J connectivity index is 2.17. The lowest BCUT2D eigenvalue weighted by Gasteiger charge is -2.20. The van der Waals surface area contributed by atoms with E-state index in [-0.39, 0.29) is 29.2 Å². The van der Waals surface area contributed by atoms with Crippen molar-refractivity contribution in [3.63, 3.8) is 0 Å². The number of aryl methyl sites for hydroxylation is 1. The third kappa shape index (κ3) is 7.45. The van der Waals surface area contributed by atoms with Crippen molar-refractivity contribution in [3.8, 4) is 0 Å². The van der Waals surface area contributed by atoms with Crippen molar-refractivity contribution in [2.24, 2.45) is 0 Å². The highest BCUT2D eigenvalue weighted by molar-refractivity contribution is 7.92. The molecule has 0 heterocycles. The van der Waals surface area contributed by atoms with Gasteiger partial charge in [0.25, 0.3) is 10.0 Å². The van der Waals surface area contributed by atoms with Crippen molar-refractivity contribution in [1.82, 2.24) is 5.32 Å². The quantitative estimate of drug-likeness (QED) is 0.404. The van der Waals surface area contributed by atoms with Crippen LogP contribution < -0.4 is 15.4 Å². The van der Waals surface area contributed by atoms with E-state index in [1.165, 1.54) is 31.4 Å². The fourth-order valence-electron chi connectivity index (χ4n) is 2.62. The Morgan fingerprint density at radius 3 is 2.22 bits per heavy atom. The normalized spacial score (nSPS) is 11.4. The molecule has 0 radical (unpaired) electrons. The number of esters is 1. The second kappa shape index (κ2) is 10.4. The maximum atomic E-state index is 12.8. The molecule has 32 heavy (non-hydrogen) atoms. The average Bonchev–Trinajstić information content (AvgIpc) is 2.70. The minimum absolute atomic E-state index is 0.0871. The van der Waals surface area contributed by atoms with E-state index in [4.69, 9.17) is 9.47 Å². The van der Waals surface area contributed by atoms with E-state index >= 15 is 0 Å². The molecular weight excluding hydrogens is 434 g/mol. The van der Waals surface area contributed by atoms with Crippen molar-refractivity contribution in [2.45, 2.75) is 38.2 Å². The predicted octanol–water partition coefficient (Wildman–Crippen LogP) is 3.52. The van der Waals surface area contributed by atoms with Crippen molar-refractivity contribution in [2.75, 3.05) is 30.2 Å². The fraction of sp³-hybridized carbons (Fsp3) is 0.364. The predicted molar refractivity (Wildman–Crippen MR) is 122 cm³/mol. The lowest BCUT2D eigenvalue weighted by atomic mass is 10.1. The van der Waals surface area contributed by atoms with E-state index in [0.717, 1.165) is 5.56 Å². The maximum Gasteiger partial charge on any atom is 0.407 e. The number of alkyl carbamates (subject to hydrolysis) is 1. The Morgan fingerprint density at radius 2 is 1.62 bits per heavy atom.